The standard InChI is InChI=1S/C11H9F3O/c12-11(13,14)6-1-3-7(4-2-6)15-10-8-5-9(8)10/h1-4,8-10H,5H2. The SMILES string of the molecule is FC(F)(F)c1ccc(OC2C3CC32)cc1. The van der Waals surface area contributed by atoms with Crippen LogP contribution in [0.3, 0.4) is 0 Å². The summed E-state index contributed by atoms with van der Waals surface area (Å²) in [5, 5.41) is 0. The Morgan fingerprint density at radius 3 is 2.07 bits per heavy atom. The van der Waals surface area contributed by atoms with Crippen LogP contribution in [0.1, 0.15) is 12.0 Å². The quantitative estimate of drug-likeness (QED) is 0.735. The lowest BCUT2D eigenvalue weighted by Crippen LogP contribution is -2.07. The zero-order chi connectivity index (χ0) is 10.6. The number of rotatable bonds is 2. The van der Waals surface area contributed by atoms with Crippen LogP contribution in [0.4, 0.5) is 13.2 Å². The highest BCUT2D eigenvalue weighted by Crippen LogP contribution is 2.63. The second-order valence-electron chi connectivity index (χ2n) is 4.17. The van der Waals surface area contributed by atoms with Crippen molar-refractivity contribution in [1.29, 1.82) is 0 Å². The molecular formula is C11H9F3O. The van der Waals surface area contributed by atoms with Crippen molar-refractivity contribution >= 4 is 0 Å². The maximum absolute atomic E-state index is 12.2. The Labute approximate surface area is 84.9 Å². The number of benzene rings is 1. The molecule has 15 heavy (non-hydrogen) atoms. The number of hydrogen-bond donors (Lipinski definition) is 0. The van der Waals surface area contributed by atoms with Crippen LogP contribution in [0.5, 0.6) is 5.75 Å². The Hall–Kier alpha value is -1.19. The summed E-state index contributed by atoms with van der Waals surface area (Å²) in [6.07, 6.45) is -2.76. The number of halogens is 3. The minimum atomic E-state index is -4.26. The number of alkyl halides is 3. The highest BCUT2D eigenvalue weighted by molar-refractivity contribution is 5.30. The molecule has 2 saturated carbocycles. The summed E-state index contributed by atoms with van der Waals surface area (Å²) < 4.78 is 42.2. The smallest absolute Gasteiger partial charge is 0.416 e. The maximum atomic E-state index is 12.2. The van der Waals surface area contributed by atoms with Gasteiger partial charge in [-0.1, -0.05) is 0 Å². The van der Waals surface area contributed by atoms with Gasteiger partial charge in [0.1, 0.15) is 11.9 Å². The molecule has 0 heterocycles. The molecule has 2 unspecified atom stereocenters. The molecule has 0 spiro atoms. The van der Waals surface area contributed by atoms with Crippen LogP contribution in [0.15, 0.2) is 24.3 Å². The average Bonchev–Trinajstić information content (AvgIpc) is 3.03. The van der Waals surface area contributed by atoms with Crippen LogP contribution < -0.4 is 4.74 Å². The molecule has 1 aromatic carbocycles. The molecule has 2 atom stereocenters. The molecule has 2 aliphatic carbocycles. The van der Waals surface area contributed by atoms with Crippen molar-refractivity contribution in [3.05, 3.63) is 29.8 Å². The van der Waals surface area contributed by atoms with E-state index in [2.05, 4.69) is 0 Å². The second-order valence-corrected chi connectivity index (χ2v) is 4.17. The van der Waals surface area contributed by atoms with Gasteiger partial charge in [0, 0.05) is 11.8 Å². The molecule has 0 aromatic heterocycles. The van der Waals surface area contributed by atoms with E-state index in [-0.39, 0.29) is 6.10 Å². The lowest BCUT2D eigenvalue weighted by atomic mass is 10.2. The Morgan fingerprint density at radius 2 is 1.67 bits per heavy atom. The van der Waals surface area contributed by atoms with Gasteiger partial charge in [-0.2, -0.15) is 13.2 Å². The Morgan fingerprint density at radius 1 is 1.07 bits per heavy atom. The first-order valence-electron chi connectivity index (χ1n) is 4.89. The molecule has 0 bridgehead atoms. The zero-order valence-electron chi connectivity index (χ0n) is 7.79. The molecule has 0 saturated heterocycles. The van der Waals surface area contributed by atoms with Crippen molar-refractivity contribution in [3.8, 4) is 5.75 Å². The zero-order valence-corrected chi connectivity index (χ0v) is 7.79. The molecule has 0 N–H and O–H groups in total. The molecule has 0 amide bonds. The summed E-state index contributed by atoms with van der Waals surface area (Å²) in [6.45, 7) is 0. The first-order valence-corrected chi connectivity index (χ1v) is 4.89. The highest BCUT2D eigenvalue weighted by Gasteiger charge is 2.66. The Balaban J connectivity index is 1.69. The van der Waals surface area contributed by atoms with Gasteiger partial charge in [0.05, 0.1) is 5.56 Å². The number of fused-ring (bicyclic) bond motifs is 1. The molecule has 3 rings (SSSR count). The monoisotopic (exact) mass is 214 g/mol. The summed E-state index contributed by atoms with van der Waals surface area (Å²) in [5.74, 6) is 1.92. The van der Waals surface area contributed by atoms with Gasteiger partial charge >= 0.3 is 6.18 Å². The lowest BCUT2D eigenvalue weighted by molar-refractivity contribution is -0.137. The molecule has 2 fully saturated rings. The molecule has 4 heteroatoms. The van der Waals surface area contributed by atoms with Gasteiger partial charge in [-0.3, -0.25) is 0 Å². The van der Waals surface area contributed by atoms with Crippen LogP contribution in [0.25, 0.3) is 0 Å². The highest BCUT2D eigenvalue weighted by atomic mass is 19.4. The summed E-state index contributed by atoms with van der Waals surface area (Å²) >= 11 is 0. The van der Waals surface area contributed by atoms with Gasteiger partial charge in [0.15, 0.2) is 0 Å². The van der Waals surface area contributed by atoms with E-state index in [0.29, 0.717) is 17.6 Å². The van der Waals surface area contributed by atoms with E-state index in [0.717, 1.165) is 12.1 Å². The van der Waals surface area contributed by atoms with Crippen molar-refractivity contribution < 1.29 is 17.9 Å². The first kappa shape index (κ1) is 9.07. The van der Waals surface area contributed by atoms with E-state index < -0.39 is 11.7 Å². The van der Waals surface area contributed by atoms with Gasteiger partial charge in [-0.05, 0) is 30.7 Å². The average molecular weight is 214 g/mol. The maximum Gasteiger partial charge on any atom is 0.416 e. The van der Waals surface area contributed by atoms with Crippen LogP contribution in [0.2, 0.25) is 0 Å². The van der Waals surface area contributed by atoms with E-state index >= 15 is 0 Å². The predicted octanol–water partition coefficient (Wildman–Crippen LogP) is 3.10. The normalized spacial score (nSPS) is 32.1. The third kappa shape index (κ3) is 1.58. The van der Waals surface area contributed by atoms with Crippen LogP contribution in [0, 0.1) is 11.8 Å². The molecule has 80 valence electrons. The van der Waals surface area contributed by atoms with Crippen LogP contribution >= 0.6 is 0 Å². The Kier molecular flexibility index (Phi) is 1.62. The van der Waals surface area contributed by atoms with Gasteiger partial charge in [0.2, 0.25) is 0 Å². The third-order valence-electron chi connectivity index (χ3n) is 3.05. The van der Waals surface area contributed by atoms with Crippen molar-refractivity contribution in [2.45, 2.75) is 18.7 Å². The molecular weight excluding hydrogens is 205 g/mol. The fourth-order valence-corrected chi connectivity index (χ4v) is 1.77. The van der Waals surface area contributed by atoms with Gasteiger partial charge in [0.25, 0.3) is 0 Å². The van der Waals surface area contributed by atoms with E-state index in [1.54, 1.807) is 0 Å². The molecule has 1 aromatic rings. The summed E-state index contributed by atoms with van der Waals surface area (Å²) in [7, 11) is 0. The fourth-order valence-electron chi connectivity index (χ4n) is 1.77. The number of ether oxygens (including phenoxy) is 1. The summed E-state index contributed by atoms with van der Waals surface area (Å²) in [5.41, 5.74) is -0.629. The lowest BCUT2D eigenvalue weighted by Gasteiger charge is -2.10. The van der Waals surface area contributed by atoms with E-state index in [1.165, 1.54) is 18.6 Å². The molecule has 0 radical (unpaired) electrons. The van der Waals surface area contributed by atoms with Crippen molar-refractivity contribution in [1.82, 2.24) is 0 Å². The van der Waals surface area contributed by atoms with Crippen molar-refractivity contribution in [3.63, 3.8) is 0 Å². The van der Waals surface area contributed by atoms with Crippen molar-refractivity contribution in [2.75, 3.05) is 0 Å². The van der Waals surface area contributed by atoms with E-state index in [9.17, 15) is 13.2 Å². The molecule has 1 nitrogen and oxygen atoms in total. The fraction of sp³-hybridized carbons (Fsp3) is 0.455. The van der Waals surface area contributed by atoms with E-state index in [4.69, 9.17) is 4.74 Å². The molecule has 0 aliphatic heterocycles. The van der Waals surface area contributed by atoms with Crippen LogP contribution in [-0.2, 0) is 6.18 Å². The minimum absolute atomic E-state index is 0.279. The van der Waals surface area contributed by atoms with Gasteiger partial charge in [-0.15, -0.1) is 0 Å². The van der Waals surface area contributed by atoms with Gasteiger partial charge in [-0.25, -0.2) is 0 Å². The topological polar surface area (TPSA) is 9.23 Å². The summed E-state index contributed by atoms with van der Waals surface area (Å²) in [6, 6.07) is 4.90. The van der Waals surface area contributed by atoms with Crippen LogP contribution in [-0.4, -0.2) is 6.10 Å². The second kappa shape index (κ2) is 2.68. The predicted molar refractivity (Wildman–Crippen MR) is 47.5 cm³/mol. The first-order chi connectivity index (χ1) is 7.05. The minimum Gasteiger partial charge on any atom is -0.490 e. The van der Waals surface area contributed by atoms with Crippen molar-refractivity contribution in [2.24, 2.45) is 11.8 Å². The molecule has 2 aliphatic rings. The number of hydrogen-bond acceptors (Lipinski definition) is 1. The van der Waals surface area contributed by atoms with E-state index in [1.807, 2.05) is 0 Å². The van der Waals surface area contributed by atoms with Gasteiger partial charge < -0.3 is 4.74 Å². The Bertz CT molecular complexity index is 374. The summed E-state index contributed by atoms with van der Waals surface area (Å²) in [4.78, 5) is 0. The largest absolute Gasteiger partial charge is 0.490 e. The third-order valence-corrected chi connectivity index (χ3v) is 3.05.